The zero-order valence-electron chi connectivity index (χ0n) is 15.2. The van der Waals surface area contributed by atoms with Crippen molar-refractivity contribution >= 4 is 16.9 Å². The molecule has 3 N–H and O–H groups in total. The van der Waals surface area contributed by atoms with E-state index in [2.05, 4.69) is 0 Å². The van der Waals surface area contributed by atoms with Crippen molar-refractivity contribution in [1.82, 2.24) is 5.06 Å². The van der Waals surface area contributed by atoms with Gasteiger partial charge in [-0.1, -0.05) is 13.3 Å². The number of carbonyl (C=O) groups is 1. The minimum Gasteiger partial charge on any atom is -0.493 e. The van der Waals surface area contributed by atoms with E-state index in [9.17, 15) is 28.0 Å². The number of hydrogen-bond acceptors (Lipinski definition) is 6. The van der Waals surface area contributed by atoms with Gasteiger partial charge in [0.15, 0.2) is 0 Å². The third kappa shape index (κ3) is 5.02. The van der Waals surface area contributed by atoms with Crippen LogP contribution in [0.1, 0.15) is 30.9 Å². The van der Waals surface area contributed by atoms with Gasteiger partial charge in [-0.05, 0) is 18.6 Å². The summed E-state index contributed by atoms with van der Waals surface area (Å²) in [6.07, 6.45) is -3.50. The Bertz CT molecular complexity index is 895. The largest absolute Gasteiger partial charge is 0.493 e. The number of fused-ring (bicyclic) bond motifs is 1. The first kappa shape index (κ1) is 21.7. The Kier molecular flexibility index (Phi) is 7.03. The number of halogens is 3. The minimum absolute atomic E-state index is 0.0139. The average molecular weight is 402 g/mol. The Balaban J connectivity index is 2.31. The summed E-state index contributed by atoms with van der Waals surface area (Å²) >= 11 is 0. The van der Waals surface area contributed by atoms with Crippen molar-refractivity contribution in [3.63, 3.8) is 0 Å². The Morgan fingerprint density at radius 1 is 1.36 bits per heavy atom. The molecule has 0 unspecified atom stereocenters. The molecule has 7 nitrogen and oxygen atoms in total. The van der Waals surface area contributed by atoms with Gasteiger partial charge in [0.25, 0.3) is 5.91 Å². The Morgan fingerprint density at radius 2 is 2.07 bits per heavy atom. The summed E-state index contributed by atoms with van der Waals surface area (Å²) < 4.78 is 50.4. The predicted molar refractivity (Wildman–Crippen MR) is 94.1 cm³/mol. The van der Waals surface area contributed by atoms with Crippen molar-refractivity contribution in [2.45, 2.75) is 32.4 Å². The van der Waals surface area contributed by atoms with Crippen molar-refractivity contribution < 1.29 is 32.3 Å². The van der Waals surface area contributed by atoms with Crippen molar-refractivity contribution in [1.29, 1.82) is 0 Å². The molecule has 0 atom stereocenters. The number of nitrogens with two attached hydrogens (primary N) is 1. The predicted octanol–water partition coefficient (Wildman–Crippen LogP) is 2.71. The molecule has 0 aliphatic carbocycles. The molecule has 0 aliphatic heterocycles. The van der Waals surface area contributed by atoms with Crippen molar-refractivity contribution in [2.24, 2.45) is 5.73 Å². The van der Waals surface area contributed by atoms with Crippen LogP contribution in [0.3, 0.4) is 0 Å². The number of hydroxylamine groups is 2. The van der Waals surface area contributed by atoms with Gasteiger partial charge in [-0.25, -0.2) is 9.86 Å². The number of alkyl halides is 3. The van der Waals surface area contributed by atoms with E-state index in [-0.39, 0.29) is 42.8 Å². The maximum Gasteiger partial charge on any atom is 0.417 e. The molecule has 28 heavy (non-hydrogen) atoms. The number of hydrogen-bond donors (Lipinski definition) is 2. The summed E-state index contributed by atoms with van der Waals surface area (Å²) in [6, 6.07) is 3.03. The van der Waals surface area contributed by atoms with Crippen LogP contribution in [0.2, 0.25) is 0 Å². The van der Waals surface area contributed by atoms with Gasteiger partial charge < -0.3 is 14.9 Å². The standard InChI is InChI=1S/C18H21F3N2O5/c1-2-4-12-14(27-8-3-7-23(26)15(24)10-22)6-5-11-13(18(19,20)21)9-16(25)28-17(11)12/h5-6,9,26H,2-4,7-8,10,22H2,1H3. The second-order valence-corrected chi connectivity index (χ2v) is 6.07. The molecule has 2 aromatic rings. The first-order chi connectivity index (χ1) is 13.2. The molecule has 1 aromatic carbocycles. The van der Waals surface area contributed by atoms with E-state index in [0.29, 0.717) is 29.5 Å². The zero-order chi connectivity index (χ0) is 20.9. The highest BCUT2D eigenvalue weighted by Gasteiger charge is 2.34. The van der Waals surface area contributed by atoms with Crippen LogP contribution in [0.15, 0.2) is 27.4 Å². The first-order valence-corrected chi connectivity index (χ1v) is 8.68. The Labute approximate surface area is 158 Å². The maximum absolute atomic E-state index is 13.3. The molecule has 154 valence electrons. The molecular formula is C18H21F3N2O5. The van der Waals surface area contributed by atoms with Crippen LogP contribution in [0.25, 0.3) is 11.0 Å². The molecule has 2 rings (SSSR count). The van der Waals surface area contributed by atoms with Crippen LogP contribution < -0.4 is 16.1 Å². The Hall–Kier alpha value is -2.59. The molecule has 0 aliphatic rings. The summed E-state index contributed by atoms with van der Waals surface area (Å²) in [5.41, 5.74) is 3.19. The molecule has 0 radical (unpaired) electrons. The number of aryl methyl sites for hydroxylation is 1. The van der Waals surface area contributed by atoms with E-state index in [4.69, 9.17) is 14.9 Å². The SMILES string of the molecule is CCCc1c(OCCCN(O)C(=O)CN)ccc2c(C(F)(F)F)cc(=O)oc12. The number of benzene rings is 1. The van der Waals surface area contributed by atoms with Gasteiger partial charge in [-0.3, -0.25) is 10.0 Å². The summed E-state index contributed by atoms with van der Waals surface area (Å²) in [5.74, 6) is -0.356. The molecule has 0 saturated carbocycles. The lowest BCUT2D eigenvalue weighted by atomic mass is 10.0. The topological polar surface area (TPSA) is 106 Å². The zero-order valence-corrected chi connectivity index (χ0v) is 15.2. The molecule has 1 aromatic heterocycles. The van der Waals surface area contributed by atoms with Crippen LogP contribution >= 0.6 is 0 Å². The van der Waals surface area contributed by atoms with Crippen molar-refractivity contribution in [2.75, 3.05) is 19.7 Å². The number of amides is 1. The summed E-state index contributed by atoms with van der Waals surface area (Å²) in [5, 5.41) is 9.69. The molecule has 0 bridgehead atoms. The van der Waals surface area contributed by atoms with E-state index >= 15 is 0 Å². The minimum atomic E-state index is -4.69. The second-order valence-electron chi connectivity index (χ2n) is 6.07. The smallest absolute Gasteiger partial charge is 0.417 e. The molecule has 0 fully saturated rings. The van der Waals surface area contributed by atoms with Crippen LogP contribution in [0.4, 0.5) is 13.2 Å². The highest BCUT2D eigenvalue weighted by atomic mass is 19.4. The molecule has 0 spiro atoms. The van der Waals surface area contributed by atoms with Gasteiger partial charge in [-0.2, -0.15) is 13.2 Å². The van der Waals surface area contributed by atoms with Gasteiger partial charge in [-0.15, -0.1) is 0 Å². The second kappa shape index (κ2) is 9.07. The molecule has 0 saturated heterocycles. The lowest BCUT2D eigenvalue weighted by Gasteiger charge is -2.17. The van der Waals surface area contributed by atoms with E-state index in [0.717, 1.165) is 0 Å². The molecular weight excluding hydrogens is 381 g/mol. The van der Waals surface area contributed by atoms with Gasteiger partial charge in [0.05, 0.1) is 25.3 Å². The van der Waals surface area contributed by atoms with Crippen LogP contribution in [-0.2, 0) is 17.4 Å². The fourth-order valence-corrected chi connectivity index (χ4v) is 2.75. The van der Waals surface area contributed by atoms with E-state index in [1.54, 1.807) is 0 Å². The molecule has 10 heteroatoms. The highest BCUT2D eigenvalue weighted by molar-refractivity contribution is 5.85. The number of nitrogens with zero attached hydrogens (tertiary/aromatic N) is 1. The van der Waals surface area contributed by atoms with Gasteiger partial charge >= 0.3 is 11.8 Å². The number of carbonyl (C=O) groups excluding carboxylic acids is 1. The summed E-state index contributed by atoms with van der Waals surface area (Å²) in [6.45, 7) is 1.57. The fourth-order valence-electron chi connectivity index (χ4n) is 2.75. The van der Waals surface area contributed by atoms with E-state index in [1.165, 1.54) is 12.1 Å². The lowest BCUT2D eigenvalue weighted by Crippen LogP contribution is -2.34. The van der Waals surface area contributed by atoms with Gasteiger partial charge in [0.2, 0.25) is 0 Å². The molecule has 1 heterocycles. The normalized spacial score (nSPS) is 11.6. The van der Waals surface area contributed by atoms with E-state index < -0.39 is 23.3 Å². The van der Waals surface area contributed by atoms with Gasteiger partial charge in [0, 0.05) is 23.4 Å². The average Bonchev–Trinajstić information content (AvgIpc) is 2.64. The van der Waals surface area contributed by atoms with Crippen molar-refractivity contribution in [3.8, 4) is 5.75 Å². The fraction of sp³-hybridized carbons (Fsp3) is 0.444. The number of ether oxygens (including phenoxy) is 1. The highest BCUT2D eigenvalue weighted by Crippen LogP contribution is 2.37. The lowest BCUT2D eigenvalue weighted by molar-refractivity contribution is -0.163. The third-order valence-corrected chi connectivity index (χ3v) is 4.01. The molecule has 1 amide bonds. The number of rotatable bonds is 8. The monoisotopic (exact) mass is 402 g/mol. The Morgan fingerprint density at radius 3 is 2.68 bits per heavy atom. The van der Waals surface area contributed by atoms with Crippen LogP contribution in [0.5, 0.6) is 5.75 Å². The first-order valence-electron chi connectivity index (χ1n) is 8.68. The van der Waals surface area contributed by atoms with Crippen LogP contribution in [-0.4, -0.2) is 35.9 Å². The van der Waals surface area contributed by atoms with Crippen molar-refractivity contribution in [3.05, 3.63) is 39.7 Å². The summed E-state index contributed by atoms with van der Waals surface area (Å²) in [4.78, 5) is 22.8. The van der Waals surface area contributed by atoms with E-state index in [1.807, 2.05) is 6.92 Å². The van der Waals surface area contributed by atoms with Gasteiger partial charge in [0.1, 0.15) is 11.3 Å². The quantitative estimate of drug-likeness (QED) is 0.304. The van der Waals surface area contributed by atoms with Crippen LogP contribution in [0, 0.1) is 0 Å². The maximum atomic E-state index is 13.3. The summed E-state index contributed by atoms with van der Waals surface area (Å²) in [7, 11) is 0. The third-order valence-electron chi connectivity index (χ3n) is 4.01.